The van der Waals surface area contributed by atoms with Crippen LogP contribution in [-0.2, 0) is 13.0 Å². The number of thiophene rings is 1. The van der Waals surface area contributed by atoms with Crippen LogP contribution >= 0.6 is 35.3 Å². The van der Waals surface area contributed by atoms with Gasteiger partial charge in [-0.3, -0.25) is 0 Å². The Labute approximate surface area is 130 Å². The second kappa shape index (κ2) is 10.2. The minimum atomic E-state index is 0. The first kappa shape index (κ1) is 17.3. The third kappa shape index (κ3) is 6.26. The zero-order valence-corrected chi connectivity index (χ0v) is 14.0. The molecule has 0 radical (unpaired) electrons. The van der Waals surface area contributed by atoms with Gasteiger partial charge in [0.05, 0.1) is 13.1 Å². The molecule has 1 aromatic heterocycles. The van der Waals surface area contributed by atoms with Gasteiger partial charge in [-0.2, -0.15) is 0 Å². The number of hydrogen-bond acceptors (Lipinski definition) is 2. The van der Waals surface area contributed by atoms with Gasteiger partial charge < -0.3 is 10.6 Å². The highest BCUT2D eigenvalue weighted by Gasteiger charge is 1.99. The van der Waals surface area contributed by atoms with Gasteiger partial charge in [0.1, 0.15) is 0 Å². The molecule has 0 amide bonds. The molecule has 0 saturated heterocycles. The highest BCUT2D eigenvalue weighted by Crippen LogP contribution is 2.17. The van der Waals surface area contributed by atoms with Crippen molar-refractivity contribution < 1.29 is 0 Å². The third-order valence-electron chi connectivity index (χ3n) is 2.16. The molecule has 2 N–H and O–H groups in total. The Kier molecular flexibility index (Phi) is 9.79. The highest BCUT2D eigenvalue weighted by molar-refractivity contribution is 14.0. The molecule has 5 heteroatoms. The van der Waals surface area contributed by atoms with Crippen LogP contribution in [0, 0.1) is 12.3 Å². The fourth-order valence-corrected chi connectivity index (χ4v) is 2.21. The van der Waals surface area contributed by atoms with E-state index in [0.29, 0.717) is 13.1 Å². The van der Waals surface area contributed by atoms with Crippen LogP contribution in [0.2, 0.25) is 0 Å². The Bertz CT molecular complexity index is 407. The van der Waals surface area contributed by atoms with Gasteiger partial charge in [0.15, 0.2) is 5.96 Å². The largest absolute Gasteiger partial charge is 0.357 e. The zero-order chi connectivity index (χ0) is 12.5. The first-order chi connectivity index (χ1) is 8.30. The Hall–Kier alpha value is -0.740. The average molecular weight is 377 g/mol. The van der Waals surface area contributed by atoms with E-state index in [9.17, 15) is 0 Å². The summed E-state index contributed by atoms with van der Waals surface area (Å²) in [5.74, 6) is 3.31. The molecule has 0 atom stereocenters. The van der Waals surface area contributed by atoms with E-state index >= 15 is 0 Å². The smallest absolute Gasteiger partial charge is 0.192 e. The van der Waals surface area contributed by atoms with Crippen molar-refractivity contribution in [2.24, 2.45) is 4.99 Å². The summed E-state index contributed by atoms with van der Waals surface area (Å²) in [4.78, 5) is 7.16. The molecule has 0 spiro atoms. The van der Waals surface area contributed by atoms with Crippen molar-refractivity contribution in [2.45, 2.75) is 26.8 Å². The first-order valence-corrected chi connectivity index (χ1v) is 6.65. The van der Waals surface area contributed by atoms with Gasteiger partial charge >= 0.3 is 0 Å². The molecule has 18 heavy (non-hydrogen) atoms. The monoisotopic (exact) mass is 377 g/mol. The van der Waals surface area contributed by atoms with Gasteiger partial charge in [0, 0.05) is 16.3 Å². The molecule has 0 fully saturated rings. The standard InChI is InChI=1S/C13H19N3S.HI/c1-4-9-15-13(14-6-3)16-10-12-8-7-11(5-2)17-12;/h1,7-8H,5-6,9-10H2,2-3H3,(H2,14,15,16);1H. The Morgan fingerprint density at radius 1 is 1.33 bits per heavy atom. The van der Waals surface area contributed by atoms with Crippen molar-refractivity contribution in [1.82, 2.24) is 10.6 Å². The third-order valence-corrected chi connectivity index (χ3v) is 3.38. The molecule has 1 rings (SSSR count). The van der Waals surface area contributed by atoms with Gasteiger partial charge in [0.2, 0.25) is 0 Å². The van der Waals surface area contributed by atoms with Crippen LogP contribution in [0.15, 0.2) is 17.1 Å². The van der Waals surface area contributed by atoms with Gasteiger partial charge in [-0.25, -0.2) is 4.99 Å². The van der Waals surface area contributed by atoms with E-state index in [0.717, 1.165) is 18.9 Å². The molecule has 1 heterocycles. The van der Waals surface area contributed by atoms with E-state index in [1.54, 1.807) is 0 Å². The lowest BCUT2D eigenvalue weighted by Gasteiger charge is -2.07. The zero-order valence-electron chi connectivity index (χ0n) is 10.8. The lowest BCUT2D eigenvalue weighted by Crippen LogP contribution is -2.37. The summed E-state index contributed by atoms with van der Waals surface area (Å²) in [6.45, 7) is 6.23. The van der Waals surface area contributed by atoms with Crippen molar-refractivity contribution in [3.8, 4) is 12.3 Å². The van der Waals surface area contributed by atoms with E-state index in [-0.39, 0.29) is 24.0 Å². The van der Waals surface area contributed by atoms with Crippen LogP contribution in [0.4, 0.5) is 0 Å². The number of nitrogens with zero attached hydrogens (tertiary/aromatic N) is 1. The summed E-state index contributed by atoms with van der Waals surface area (Å²) in [6, 6.07) is 4.30. The number of aryl methyl sites for hydroxylation is 1. The lowest BCUT2D eigenvalue weighted by atomic mass is 10.4. The molecule has 100 valence electrons. The van der Waals surface area contributed by atoms with Crippen LogP contribution in [0.1, 0.15) is 23.6 Å². The summed E-state index contributed by atoms with van der Waals surface area (Å²) in [5.41, 5.74) is 0. The predicted molar refractivity (Wildman–Crippen MR) is 90.8 cm³/mol. The number of halogens is 1. The van der Waals surface area contributed by atoms with E-state index in [4.69, 9.17) is 6.42 Å². The summed E-state index contributed by atoms with van der Waals surface area (Å²) < 4.78 is 0. The summed E-state index contributed by atoms with van der Waals surface area (Å²) in [5, 5.41) is 6.23. The van der Waals surface area contributed by atoms with Gasteiger partial charge in [-0.05, 0) is 25.5 Å². The molecule has 0 aliphatic carbocycles. The van der Waals surface area contributed by atoms with Crippen LogP contribution in [-0.4, -0.2) is 19.0 Å². The van der Waals surface area contributed by atoms with Crippen LogP contribution < -0.4 is 10.6 Å². The van der Waals surface area contributed by atoms with Crippen molar-refractivity contribution in [3.05, 3.63) is 21.9 Å². The van der Waals surface area contributed by atoms with Crippen molar-refractivity contribution in [2.75, 3.05) is 13.1 Å². The fraction of sp³-hybridized carbons (Fsp3) is 0.462. The second-order valence-electron chi connectivity index (χ2n) is 3.47. The number of guanidine groups is 1. The van der Waals surface area contributed by atoms with Crippen molar-refractivity contribution in [3.63, 3.8) is 0 Å². The van der Waals surface area contributed by atoms with E-state index in [2.05, 4.69) is 40.6 Å². The number of nitrogens with one attached hydrogen (secondary N) is 2. The minimum absolute atomic E-state index is 0. The van der Waals surface area contributed by atoms with Gasteiger partial charge in [-0.1, -0.05) is 12.8 Å². The van der Waals surface area contributed by atoms with Crippen LogP contribution in [0.5, 0.6) is 0 Å². The van der Waals surface area contributed by atoms with Crippen molar-refractivity contribution >= 4 is 41.3 Å². The van der Waals surface area contributed by atoms with Gasteiger partial charge in [0.25, 0.3) is 0 Å². The molecule has 1 aromatic rings. The molecular weight excluding hydrogens is 357 g/mol. The summed E-state index contributed by atoms with van der Waals surface area (Å²) >= 11 is 1.81. The average Bonchev–Trinajstić information content (AvgIpc) is 2.80. The Morgan fingerprint density at radius 3 is 2.61 bits per heavy atom. The molecule has 0 aromatic carbocycles. The first-order valence-electron chi connectivity index (χ1n) is 5.83. The maximum absolute atomic E-state index is 5.21. The molecule has 0 aliphatic heterocycles. The summed E-state index contributed by atoms with van der Waals surface area (Å²) in [7, 11) is 0. The fourth-order valence-electron chi connectivity index (χ4n) is 1.33. The predicted octanol–water partition coefficient (Wildman–Crippen LogP) is 2.62. The quantitative estimate of drug-likeness (QED) is 0.358. The molecular formula is C13H20IN3S. The normalized spacial score (nSPS) is 10.4. The summed E-state index contributed by atoms with van der Waals surface area (Å²) in [6.07, 6.45) is 6.30. The number of rotatable bonds is 5. The van der Waals surface area contributed by atoms with Crippen molar-refractivity contribution in [1.29, 1.82) is 0 Å². The molecule has 3 nitrogen and oxygen atoms in total. The van der Waals surface area contributed by atoms with E-state index in [1.807, 2.05) is 18.3 Å². The Balaban J connectivity index is 0.00000289. The lowest BCUT2D eigenvalue weighted by molar-refractivity contribution is 0.868. The van der Waals surface area contributed by atoms with E-state index in [1.165, 1.54) is 9.75 Å². The molecule has 0 aliphatic rings. The van der Waals surface area contributed by atoms with E-state index < -0.39 is 0 Å². The van der Waals surface area contributed by atoms with Crippen LogP contribution in [0.3, 0.4) is 0 Å². The number of hydrogen-bond donors (Lipinski definition) is 2. The van der Waals surface area contributed by atoms with Crippen LogP contribution in [0.25, 0.3) is 0 Å². The molecule has 0 bridgehead atoms. The van der Waals surface area contributed by atoms with Gasteiger partial charge in [-0.15, -0.1) is 41.7 Å². The SMILES string of the molecule is C#CCNC(=NCc1ccc(CC)s1)NCC.I. The highest BCUT2D eigenvalue weighted by atomic mass is 127. The Morgan fingerprint density at radius 2 is 2.06 bits per heavy atom. The minimum Gasteiger partial charge on any atom is -0.357 e. The topological polar surface area (TPSA) is 36.4 Å². The number of aliphatic imine (C=N–C) groups is 1. The second-order valence-corrected chi connectivity index (χ2v) is 4.73. The molecule has 0 unspecified atom stereocenters. The maximum Gasteiger partial charge on any atom is 0.192 e. The number of terminal acetylenes is 1. The maximum atomic E-state index is 5.21. The molecule has 0 saturated carbocycles.